The Morgan fingerprint density at radius 1 is 1.04 bits per heavy atom. The number of anilines is 1. The number of nitrogens with one attached hydrogen (secondary N) is 1. The van der Waals surface area contributed by atoms with Crippen LogP contribution in [-0.4, -0.2) is 29.0 Å². The van der Waals surface area contributed by atoms with Gasteiger partial charge in [-0.05, 0) is 17.7 Å². The first-order chi connectivity index (χ1) is 13.1. The van der Waals surface area contributed by atoms with Gasteiger partial charge in [0.2, 0.25) is 5.91 Å². The molecule has 2 amide bonds. The van der Waals surface area contributed by atoms with E-state index < -0.39 is 17.4 Å². The van der Waals surface area contributed by atoms with Gasteiger partial charge in [0.25, 0.3) is 5.91 Å². The van der Waals surface area contributed by atoms with Gasteiger partial charge in [-0.15, -0.1) is 0 Å². The van der Waals surface area contributed by atoms with E-state index in [4.69, 9.17) is 4.74 Å². The van der Waals surface area contributed by atoms with Crippen molar-refractivity contribution in [2.24, 2.45) is 5.10 Å². The molecule has 1 saturated heterocycles. The fraction of sp³-hybridized carbons (Fsp3) is 0.200. The molecule has 7 heteroatoms. The van der Waals surface area contributed by atoms with Gasteiger partial charge in [-0.1, -0.05) is 48.5 Å². The number of hydrogen-bond donors (Lipinski definition) is 1. The van der Waals surface area contributed by atoms with Crippen molar-refractivity contribution >= 4 is 29.2 Å². The molecule has 2 aromatic rings. The Morgan fingerprint density at radius 2 is 1.70 bits per heavy atom. The summed E-state index contributed by atoms with van der Waals surface area (Å²) in [6, 6.07) is 18.0. The van der Waals surface area contributed by atoms with Crippen LogP contribution < -0.4 is 10.3 Å². The zero-order valence-corrected chi connectivity index (χ0v) is 14.4. The molecule has 1 unspecified atom stereocenters. The molecule has 2 aromatic carbocycles. The number of hydrazone groups is 1. The normalized spacial score (nSPS) is 21.3. The summed E-state index contributed by atoms with van der Waals surface area (Å²) in [5, 5.41) is 3.99. The van der Waals surface area contributed by atoms with Crippen LogP contribution >= 0.6 is 0 Å². The molecule has 0 bridgehead atoms. The highest BCUT2D eigenvalue weighted by atomic mass is 16.5. The summed E-state index contributed by atoms with van der Waals surface area (Å²) in [6.07, 6.45) is -0.0335. The number of amides is 2. The van der Waals surface area contributed by atoms with Crippen LogP contribution in [0.5, 0.6) is 0 Å². The molecule has 0 saturated carbocycles. The average Bonchev–Trinajstić information content (AvgIpc) is 3.23. The van der Waals surface area contributed by atoms with Crippen molar-refractivity contribution in [2.45, 2.75) is 25.0 Å². The van der Waals surface area contributed by atoms with Crippen LogP contribution in [0.15, 0.2) is 65.8 Å². The summed E-state index contributed by atoms with van der Waals surface area (Å²) in [5.74, 6) is -1.33. The molecular weight excluding hydrogens is 346 g/mol. The predicted octanol–water partition coefficient (Wildman–Crippen LogP) is 1.78. The van der Waals surface area contributed by atoms with Gasteiger partial charge < -0.3 is 4.74 Å². The maximum absolute atomic E-state index is 12.9. The Balaban J connectivity index is 1.44. The van der Waals surface area contributed by atoms with Crippen LogP contribution in [0.25, 0.3) is 0 Å². The van der Waals surface area contributed by atoms with Crippen LogP contribution in [-0.2, 0) is 25.7 Å². The van der Waals surface area contributed by atoms with Crippen LogP contribution in [0.4, 0.5) is 5.69 Å². The molecule has 2 aliphatic heterocycles. The summed E-state index contributed by atoms with van der Waals surface area (Å²) in [6.45, 7) is 0.120. The molecule has 7 nitrogen and oxygen atoms in total. The molecular formula is C20H17N3O4. The van der Waals surface area contributed by atoms with Crippen molar-refractivity contribution in [3.05, 3.63) is 66.2 Å². The Hall–Kier alpha value is -3.48. The van der Waals surface area contributed by atoms with Gasteiger partial charge >= 0.3 is 5.97 Å². The summed E-state index contributed by atoms with van der Waals surface area (Å²) in [5.41, 5.74) is 2.98. The van der Waals surface area contributed by atoms with Crippen LogP contribution in [0, 0.1) is 0 Å². The van der Waals surface area contributed by atoms with Crippen LogP contribution in [0.1, 0.15) is 18.4 Å². The van der Waals surface area contributed by atoms with E-state index in [0.29, 0.717) is 5.69 Å². The second kappa shape index (κ2) is 6.68. The van der Waals surface area contributed by atoms with Gasteiger partial charge in [-0.2, -0.15) is 5.10 Å². The van der Waals surface area contributed by atoms with E-state index in [9.17, 15) is 14.4 Å². The zero-order valence-electron chi connectivity index (χ0n) is 14.4. The molecule has 2 heterocycles. The van der Waals surface area contributed by atoms with E-state index in [1.165, 1.54) is 0 Å². The summed E-state index contributed by atoms with van der Waals surface area (Å²) in [4.78, 5) is 38.8. The van der Waals surface area contributed by atoms with E-state index in [-0.39, 0.29) is 31.1 Å². The second-order valence-corrected chi connectivity index (χ2v) is 6.54. The van der Waals surface area contributed by atoms with Gasteiger partial charge in [0.05, 0.1) is 12.1 Å². The van der Waals surface area contributed by atoms with E-state index in [1.54, 1.807) is 24.3 Å². The molecule has 0 aromatic heterocycles. The monoisotopic (exact) mass is 363 g/mol. The summed E-state index contributed by atoms with van der Waals surface area (Å²) < 4.78 is 5.27. The van der Waals surface area contributed by atoms with Gasteiger partial charge in [-0.25, -0.2) is 9.69 Å². The zero-order chi connectivity index (χ0) is 18.9. The van der Waals surface area contributed by atoms with Crippen molar-refractivity contribution in [3.63, 3.8) is 0 Å². The first-order valence-corrected chi connectivity index (χ1v) is 8.56. The highest BCUT2D eigenvalue weighted by Crippen LogP contribution is 2.34. The second-order valence-electron chi connectivity index (χ2n) is 6.54. The van der Waals surface area contributed by atoms with E-state index >= 15 is 0 Å². The number of esters is 1. The lowest BCUT2D eigenvalue weighted by atomic mass is 9.93. The third-order valence-corrected chi connectivity index (χ3v) is 4.65. The molecule has 1 spiro atoms. The van der Waals surface area contributed by atoms with Gasteiger partial charge in [0, 0.05) is 6.42 Å². The summed E-state index contributed by atoms with van der Waals surface area (Å²) in [7, 11) is 0. The SMILES string of the molecule is O=C(OCc1ccccc1)C1=NNC2(CC(=O)N(c3ccccc3)C2=O)C1. The van der Waals surface area contributed by atoms with Crippen molar-refractivity contribution in [1.82, 2.24) is 5.43 Å². The first kappa shape index (κ1) is 17.0. The molecule has 1 fully saturated rings. The summed E-state index contributed by atoms with van der Waals surface area (Å²) >= 11 is 0. The molecule has 136 valence electrons. The number of benzene rings is 2. The van der Waals surface area contributed by atoms with E-state index in [0.717, 1.165) is 10.5 Å². The standard InChI is InChI=1S/C20H17N3O4/c24-17-12-20(19(26)23(17)15-9-5-2-6-10-15)11-16(21-22-20)18(25)27-13-14-7-3-1-4-8-14/h1-10,22H,11-13H2. The van der Waals surface area contributed by atoms with Crippen molar-refractivity contribution in [2.75, 3.05) is 4.90 Å². The smallest absolute Gasteiger partial charge is 0.354 e. The van der Waals surface area contributed by atoms with Gasteiger partial charge in [0.1, 0.15) is 17.9 Å². The Bertz CT molecular complexity index is 927. The largest absolute Gasteiger partial charge is 0.456 e. The number of carbonyl (C=O) groups excluding carboxylic acids is 3. The molecule has 4 rings (SSSR count). The van der Waals surface area contributed by atoms with Crippen molar-refractivity contribution < 1.29 is 19.1 Å². The molecule has 1 N–H and O–H groups in total. The van der Waals surface area contributed by atoms with Crippen LogP contribution in [0.3, 0.4) is 0 Å². The minimum Gasteiger partial charge on any atom is -0.456 e. The number of nitrogens with zero attached hydrogens (tertiary/aromatic N) is 2. The van der Waals surface area contributed by atoms with Crippen molar-refractivity contribution in [3.8, 4) is 0 Å². The number of hydrogen-bond acceptors (Lipinski definition) is 6. The maximum atomic E-state index is 12.9. The third-order valence-electron chi connectivity index (χ3n) is 4.65. The Labute approximate surface area is 155 Å². The fourth-order valence-corrected chi connectivity index (χ4v) is 3.27. The highest BCUT2D eigenvalue weighted by molar-refractivity contribution is 6.39. The quantitative estimate of drug-likeness (QED) is 0.661. The van der Waals surface area contributed by atoms with Gasteiger partial charge in [0.15, 0.2) is 0 Å². The number of ether oxygens (including phenoxy) is 1. The van der Waals surface area contributed by atoms with Crippen LogP contribution in [0.2, 0.25) is 0 Å². The van der Waals surface area contributed by atoms with Crippen molar-refractivity contribution in [1.29, 1.82) is 0 Å². The minimum absolute atomic E-state index is 0.0224. The third kappa shape index (κ3) is 3.08. The molecule has 1 atom stereocenters. The lowest BCUT2D eigenvalue weighted by Crippen LogP contribution is -2.47. The fourth-order valence-electron chi connectivity index (χ4n) is 3.27. The molecule has 0 aliphatic carbocycles. The maximum Gasteiger partial charge on any atom is 0.354 e. The minimum atomic E-state index is -1.21. The molecule has 27 heavy (non-hydrogen) atoms. The number of rotatable bonds is 4. The number of carbonyl (C=O) groups is 3. The molecule has 0 radical (unpaired) electrons. The number of imide groups is 1. The Kier molecular flexibility index (Phi) is 4.19. The van der Waals surface area contributed by atoms with E-state index in [2.05, 4.69) is 10.5 Å². The number of para-hydroxylation sites is 1. The molecule has 2 aliphatic rings. The highest BCUT2D eigenvalue weighted by Gasteiger charge is 2.56. The lowest BCUT2D eigenvalue weighted by molar-refractivity contribution is -0.136. The Morgan fingerprint density at radius 3 is 2.41 bits per heavy atom. The van der Waals surface area contributed by atoms with E-state index in [1.807, 2.05) is 36.4 Å². The lowest BCUT2D eigenvalue weighted by Gasteiger charge is -2.21. The average molecular weight is 363 g/mol. The first-order valence-electron chi connectivity index (χ1n) is 8.56. The topological polar surface area (TPSA) is 88.1 Å². The predicted molar refractivity (Wildman–Crippen MR) is 97.7 cm³/mol. The van der Waals surface area contributed by atoms with Gasteiger partial charge in [-0.3, -0.25) is 15.0 Å².